The third-order valence-corrected chi connectivity index (χ3v) is 3.77. The largest absolute Gasteiger partial charge is 0.481 e. The van der Waals surface area contributed by atoms with Crippen molar-refractivity contribution in [3.8, 4) is 16.5 Å². The molecular formula is C13H20N4OS. The van der Waals surface area contributed by atoms with Crippen LogP contribution in [-0.4, -0.2) is 28.4 Å². The van der Waals surface area contributed by atoms with Crippen LogP contribution in [0.2, 0.25) is 0 Å². The molecule has 0 unspecified atom stereocenters. The summed E-state index contributed by atoms with van der Waals surface area (Å²) in [6.45, 7) is 5.96. The first-order valence-electron chi connectivity index (χ1n) is 6.40. The Morgan fingerprint density at radius 2 is 2.26 bits per heavy atom. The van der Waals surface area contributed by atoms with Crippen molar-refractivity contribution in [3.05, 3.63) is 16.8 Å². The van der Waals surface area contributed by atoms with E-state index in [9.17, 15) is 0 Å². The first kappa shape index (κ1) is 14.0. The van der Waals surface area contributed by atoms with Crippen LogP contribution < -0.4 is 10.1 Å². The summed E-state index contributed by atoms with van der Waals surface area (Å²) in [5.74, 6) is 0.764. The van der Waals surface area contributed by atoms with Crippen molar-refractivity contribution < 1.29 is 4.74 Å². The van der Waals surface area contributed by atoms with Gasteiger partial charge in [0.1, 0.15) is 5.01 Å². The van der Waals surface area contributed by atoms with Crippen molar-refractivity contribution >= 4 is 11.3 Å². The summed E-state index contributed by atoms with van der Waals surface area (Å²) in [4.78, 5) is 4.66. The van der Waals surface area contributed by atoms with Gasteiger partial charge in [-0.15, -0.1) is 11.3 Å². The average Bonchev–Trinajstić information content (AvgIpc) is 2.93. The summed E-state index contributed by atoms with van der Waals surface area (Å²) in [7, 11) is 3.55. The Bertz CT molecular complexity index is 547. The highest BCUT2D eigenvalue weighted by Crippen LogP contribution is 2.34. The Labute approximate surface area is 117 Å². The molecule has 0 atom stereocenters. The minimum absolute atomic E-state index is 0.764. The Morgan fingerprint density at radius 1 is 1.47 bits per heavy atom. The van der Waals surface area contributed by atoms with Gasteiger partial charge in [-0.1, -0.05) is 6.92 Å². The smallest absolute Gasteiger partial charge is 0.222 e. The molecule has 0 aliphatic heterocycles. The van der Waals surface area contributed by atoms with E-state index in [4.69, 9.17) is 4.74 Å². The highest BCUT2D eigenvalue weighted by Gasteiger charge is 2.18. The van der Waals surface area contributed by atoms with Gasteiger partial charge < -0.3 is 10.1 Å². The lowest BCUT2D eigenvalue weighted by Crippen LogP contribution is -2.13. The van der Waals surface area contributed by atoms with Gasteiger partial charge in [-0.05, 0) is 19.9 Å². The number of nitrogens with zero attached hydrogens (tertiary/aromatic N) is 3. The molecule has 2 aromatic rings. The zero-order valence-corrected chi connectivity index (χ0v) is 12.7. The number of methoxy groups -OCH3 is 1. The Balaban J connectivity index is 2.23. The van der Waals surface area contributed by atoms with Crippen molar-refractivity contribution in [2.45, 2.75) is 26.8 Å². The molecule has 0 aliphatic carbocycles. The normalized spacial score (nSPS) is 10.9. The van der Waals surface area contributed by atoms with Gasteiger partial charge in [0, 0.05) is 19.0 Å². The number of aryl methyl sites for hydroxylation is 2. The third kappa shape index (κ3) is 2.96. The molecule has 2 heterocycles. The number of nitrogens with one attached hydrogen (secondary N) is 1. The summed E-state index contributed by atoms with van der Waals surface area (Å²) in [6, 6.07) is 0. The van der Waals surface area contributed by atoms with Gasteiger partial charge in [-0.25, -0.2) is 9.67 Å². The lowest BCUT2D eigenvalue weighted by atomic mass is 10.2. The second kappa shape index (κ2) is 6.16. The number of thiazole rings is 1. The molecule has 2 rings (SSSR count). The molecule has 0 fully saturated rings. The molecule has 104 valence electrons. The van der Waals surface area contributed by atoms with E-state index in [1.54, 1.807) is 23.1 Å². The Kier molecular flexibility index (Phi) is 4.55. The van der Waals surface area contributed by atoms with Crippen molar-refractivity contribution in [3.63, 3.8) is 0 Å². The van der Waals surface area contributed by atoms with E-state index in [1.165, 1.54) is 0 Å². The monoisotopic (exact) mass is 280 g/mol. The molecule has 5 nitrogen and oxygen atoms in total. The van der Waals surface area contributed by atoms with Gasteiger partial charge in [0.2, 0.25) is 5.88 Å². The molecule has 0 bridgehead atoms. The first-order chi connectivity index (χ1) is 9.17. The average molecular weight is 280 g/mol. The number of aromatic nitrogens is 3. The molecule has 0 radical (unpaired) electrons. The van der Waals surface area contributed by atoms with Crippen LogP contribution >= 0.6 is 11.3 Å². The molecule has 6 heteroatoms. The van der Waals surface area contributed by atoms with Crippen LogP contribution in [0.4, 0.5) is 0 Å². The fraction of sp³-hybridized carbons (Fsp3) is 0.538. The number of hydrogen-bond acceptors (Lipinski definition) is 5. The maximum absolute atomic E-state index is 5.41. The lowest BCUT2D eigenvalue weighted by Gasteiger charge is -2.02. The fourth-order valence-corrected chi connectivity index (χ4v) is 2.92. The maximum Gasteiger partial charge on any atom is 0.222 e. The molecule has 0 aliphatic rings. The summed E-state index contributed by atoms with van der Waals surface area (Å²) >= 11 is 1.63. The minimum atomic E-state index is 0.764. The van der Waals surface area contributed by atoms with E-state index >= 15 is 0 Å². The van der Waals surface area contributed by atoms with Gasteiger partial charge in [0.15, 0.2) is 0 Å². The molecule has 19 heavy (non-hydrogen) atoms. The van der Waals surface area contributed by atoms with Gasteiger partial charge in [-0.2, -0.15) is 5.10 Å². The van der Waals surface area contributed by atoms with Crippen LogP contribution in [0.15, 0.2) is 5.38 Å². The molecule has 0 amide bonds. The SMILES string of the molecule is CCCNCc1csc(-c2c(C)nn(C)c2OC)n1. The van der Waals surface area contributed by atoms with Crippen LogP contribution in [0.3, 0.4) is 0 Å². The summed E-state index contributed by atoms with van der Waals surface area (Å²) in [6.07, 6.45) is 1.13. The molecule has 0 saturated heterocycles. The van der Waals surface area contributed by atoms with Crippen molar-refractivity contribution in [2.24, 2.45) is 7.05 Å². The highest BCUT2D eigenvalue weighted by atomic mass is 32.1. The molecule has 0 spiro atoms. The second-order valence-electron chi connectivity index (χ2n) is 4.41. The number of hydrogen-bond donors (Lipinski definition) is 1. The second-order valence-corrected chi connectivity index (χ2v) is 5.27. The van der Waals surface area contributed by atoms with Crippen LogP contribution in [0, 0.1) is 6.92 Å². The first-order valence-corrected chi connectivity index (χ1v) is 7.28. The van der Waals surface area contributed by atoms with Crippen LogP contribution in [0.5, 0.6) is 5.88 Å². The van der Waals surface area contributed by atoms with Gasteiger partial charge in [-0.3, -0.25) is 0 Å². The topological polar surface area (TPSA) is 52.0 Å². The van der Waals surface area contributed by atoms with E-state index in [-0.39, 0.29) is 0 Å². The highest BCUT2D eigenvalue weighted by molar-refractivity contribution is 7.13. The predicted octanol–water partition coefficient (Wildman–Crippen LogP) is 2.36. The quantitative estimate of drug-likeness (QED) is 0.825. The van der Waals surface area contributed by atoms with E-state index in [0.29, 0.717) is 0 Å². The van der Waals surface area contributed by atoms with Crippen molar-refractivity contribution in [2.75, 3.05) is 13.7 Å². The summed E-state index contributed by atoms with van der Waals surface area (Å²) in [5, 5.41) is 10.8. The Morgan fingerprint density at radius 3 is 2.95 bits per heavy atom. The minimum Gasteiger partial charge on any atom is -0.481 e. The molecule has 0 aromatic carbocycles. The van der Waals surface area contributed by atoms with Gasteiger partial charge in [0.25, 0.3) is 0 Å². The molecule has 2 aromatic heterocycles. The summed E-state index contributed by atoms with van der Waals surface area (Å²) < 4.78 is 7.16. The third-order valence-electron chi connectivity index (χ3n) is 2.86. The molecule has 1 N–H and O–H groups in total. The van der Waals surface area contributed by atoms with Crippen LogP contribution in [0.1, 0.15) is 24.7 Å². The van der Waals surface area contributed by atoms with E-state index in [2.05, 4.69) is 27.7 Å². The predicted molar refractivity (Wildman–Crippen MR) is 77.6 cm³/mol. The zero-order valence-electron chi connectivity index (χ0n) is 11.9. The Hall–Kier alpha value is -1.40. The fourth-order valence-electron chi connectivity index (χ4n) is 2.01. The number of ether oxygens (including phenoxy) is 1. The van der Waals surface area contributed by atoms with Crippen molar-refractivity contribution in [1.82, 2.24) is 20.1 Å². The maximum atomic E-state index is 5.41. The van der Waals surface area contributed by atoms with E-state index < -0.39 is 0 Å². The van der Waals surface area contributed by atoms with Gasteiger partial charge in [0.05, 0.1) is 24.1 Å². The van der Waals surface area contributed by atoms with E-state index in [0.717, 1.165) is 47.3 Å². The van der Waals surface area contributed by atoms with Crippen molar-refractivity contribution in [1.29, 1.82) is 0 Å². The zero-order chi connectivity index (χ0) is 13.8. The lowest BCUT2D eigenvalue weighted by molar-refractivity contribution is 0.375. The summed E-state index contributed by atoms with van der Waals surface area (Å²) in [5.41, 5.74) is 3.01. The number of rotatable bonds is 6. The van der Waals surface area contributed by atoms with Crippen LogP contribution in [-0.2, 0) is 13.6 Å². The standard InChI is InChI=1S/C13H20N4OS/c1-5-6-14-7-10-8-19-12(15-10)11-9(2)16-17(3)13(11)18-4/h8,14H,5-7H2,1-4H3. The molecular weight excluding hydrogens is 260 g/mol. The van der Waals surface area contributed by atoms with Crippen LogP contribution in [0.25, 0.3) is 10.6 Å². The van der Waals surface area contributed by atoms with Gasteiger partial charge >= 0.3 is 0 Å². The molecule has 0 saturated carbocycles. The van der Waals surface area contributed by atoms with E-state index in [1.807, 2.05) is 14.0 Å².